The van der Waals surface area contributed by atoms with Gasteiger partial charge in [-0.2, -0.15) is 0 Å². The minimum Gasteiger partial charge on any atom is -0.500 e. The third-order valence-corrected chi connectivity index (χ3v) is 6.88. The largest absolute Gasteiger partial charge is 0.500 e. The van der Waals surface area contributed by atoms with E-state index in [1.54, 1.807) is 7.11 Å². The fourth-order valence-corrected chi connectivity index (χ4v) is 4.84. The average molecular weight is 377 g/mol. The maximum absolute atomic E-state index is 5.25. The van der Waals surface area contributed by atoms with Gasteiger partial charge in [-0.3, -0.25) is 0 Å². The maximum atomic E-state index is 5.25. The molecule has 27 heavy (non-hydrogen) atoms. The second-order valence-electron chi connectivity index (χ2n) is 9.19. The molecule has 1 unspecified atom stereocenters. The van der Waals surface area contributed by atoms with Crippen molar-refractivity contribution in [2.24, 2.45) is 23.7 Å². The number of nitrogens with one attached hydrogen (secondary N) is 2. The third-order valence-electron chi connectivity index (χ3n) is 6.88. The molecule has 0 saturated heterocycles. The lowest BCUT2D eigenvalue weighted by Gasteiger charge is -2.34. The molecule has 0 aromatic heterocycles. The lowest BCUT2D eigenvalue weighted by atomic mass is 9.73. The van der Waals surface area contributed by atoms with Crippen molar-refractivity contribution < 1.29 is 4.74 Å². The van der Waals surface area contributed by atoms with Crippen molar-refractivity contribution in [3.63, 3.8) is 0 Å². The zero-order valence-electron chi connectivity index (χ0n) is 18.4. The van der Waals surface area contributed by atoms with Gasteiger partial charge in [-0.05, 0) is 62.4 Å². The first-order valence-corrected chi connectivity index (χ1v) is 11.4. The molecule has 2 saturated carbocycles. The summed E-state index contributed by atoms with van der Waals surface area (Å²) in [6.45, 7) is 11.7. The van der Waals surface area contributed by atoms with Gasteiger partial charge >= 0.3 is 0 Å². The average Bonchev–Trinajstić information content (AvgIpc) is 2.68. The third kappa shape index (κ3) is 7.79. The van der Waals surface area contributed by atoms with E-state index in [4.69, 9.17) is 4.74 Å². The van der Waals surface area contributed by atoms with Crippen LogP contribution in [0.5, 0.6) is 0 Å². The van der Waals surface area contributed by atoms with E-state index in [1.165, 1.54) is 57.8 Å². The molecular weight excluding hydrogens is 332 g/mol. The minimum absolute atomic E-state index is 0.120. The summed E-state index contributed by atoms with van der Waals surface area (Å²) >= 11 is 0. The highest BCUT2D eigenvalue weighted by molar-refractivity contribution is 5.05. The van der Waals surface area contributed by atoms with Crippen molar-refractivity contribution in [3.8, 4) is 0 Å². The highest BCUT2D eigenvalue weighted by Crippen LogP contribution is 2.38. The van der Waals surface area contributed by atoms with Gasteiger partial charge in [0.1, 0.15) is 5.76 Å². The molecule has 156 valence electrons. The van der Waals surface area contributed by atoms with Crippen LogP contribution in [0.15, 0.2) is 24.2 Å². The Kier molecular flexibility index (Phi) is 9.58. The van der Waals surface area contributed by atoms with Crippen LogP contribution in [0.25, 0.3) is 0 Å². The normalized spacial score (nSPS) is 30.4. The minimum atomic E-state index is 0.120. The molecule has 2 aliphatic carbocycles. The van der Waals surface area contributed by atoms with Gasteiger partial charge in [-0.1, -0.05) is 59.0 Å². The van der Waals surface area contributed by atoms with E-state index in [1.807, 2.05) is 0 Å². The lowest BCUT2D eigenvalue weighted by Crippen LogP contribution is -2.37. The summed E-state index contributed by atoms with van der Waals surface area (Å²) in [5.41, 5.74) is 0. The molecule has 0 aliphatic heterocycles. The van der Waals surface area contributed by atoms with E-state index >= 15 is 0 Å². The molecule has 2 N–H and O–H groups in total. The van der Waals surface area contributed by atoms with Gasteiger partial charge in [-0.25, -0.2) is 0 Å². The van der Waals surface area contributed by atoms with Gasteiger partial charge < -0.3 is 15.4 Å². The van der Waals surface area contributed by atoms with E-state index < -0.39 is 0 Å². The second-order valence-corrected chi connectivity index (χ2v) is 9.19. The Balaban J connectivity index is 1.68. The van der Waals surface area contributed by atoms with Gasteiger partial charge in [0.25, 0.3) is 0 Å². The molecule has 0 aromatic rings. The topological polar surface area (TPSA) is 33.3 Å². The van der Waals surface area contributed by atoms with Crippen LogP contribution in [0.2, 0.25) is 0 Å². The summed E-state index contributed by atoms with van der Waals surface area (Å²) in [4.78, 5) is 0. The molecule has 2 fully saturated rings. The zero-order valence-corrected chi connectivity index (χ0v) is 18.4. The van der Waals surface area contributed by atoms with Crippen molar-refractivity contribution in [1.82, 2.24) is 10.6 Å². The van der Waals surface area contributed by atoms with Crippen molar-refractivity contribution in [2.45, 2.75) is 91.0 Å². The number of allylic oxidation sites excluding steroid dienone is 1. The summed E-state index contributed by atoms with van der Waals surface area (Å²) in [7, 11) is 1.68. The van der Waals surface area contributed by atoms with Crippen LogP contribution >= 0.6 is 0 Å². The SMILES string of the molecule is C=C(OC)C(C)NC(=CCC)NCC1CCC(CC2CCC(C)CC2)CC1. The first-order valence-electron chi connectivity index (χ1n) is 11.4. The van der Waals surface area contributed by atoms with E-state index in [9.17, 15) is 0 Å². The van der Waals surface area contributed by atoms with E-state index in [0.717, 1.165) is 48.2 Å². The lowest BCUT2D eigenvalue weighted by molar-refractivity contribution is 0.195. The van der Waals surface area contributed by atoms with Gasteiger partial charge in [-0.15, -0.1) is 0 Å². The molecule has 2 rings (SSSR count). The van der Waals surface area contributed by atoms with Crippen molar-refractivity contribution in [3.05, 3.63) is 24.2 Å². The molecule has 0 bridgehead atoms. The Hall–Kier alpha value is -1.12. The smallest absolute Gasteiger partial charge is 0.110 e. The number of rotatable bonds is 10. The molecule has 0 radical (unpaired) electrons. The van der Waals surface area contributed by atoms with Crippen LogP contribution in [0.1, 0.15) is 85.0 Å². The molecule has 0 spiro atoms. The van der Waals surface area contributed by atoms with Gasteiger partial charge in [0, 0.05) is 6.54 Å². The summed E-state index contributed by atoms with van der Waals surface area (Å²) < 4.78 is 5.25. The van der Waals surface area contributed by atoms with Crippen LogP contribution in [-0.2, 0) is 4.74 Å². The molecule has 0 heterocycles. The number of hydrogen-bond donors (Lipinski definition) is 2. The van der Waals surface area contributed by atoms with Gasteiger partial charge in [0.2, 0.25) is 0 Å². The molecule has 3 heteroatoms. The molecule has 0 aromatic carbocycles. The number of ether oxygens (including phenoxy) is 1. The Bertz CT molecular complexity index is 457. The molecular formula is C24H44N2O. The predicted octanol–water partition coefficient (Wildman–Crippen LogP) is 5.99. The fourth-order valence-electron chi connectivity index (χ4n) is 4.84. The van der Waals surface area contributed by atoms with Crippen molar-refractivity contribution >= 4 is 0 Å². The summed E-state index contributed by atoms with van der Waals surface area (Å²) in [6.07, 6.45) is 16.3. The first-order chi connectivity index (χ1) is 13.0. The predicted molar refractivity (Wildman–Crippen MR) is 116 cm³/mol. The quantitative estimate of drug-likeness (QED) is 0.460. The molecule has 3 nitrogen and oxygen atoms in total. The van der Waals surface area contributed by atoms with Crippen LogP contribution in [0, 0.1) is 23.7 Å². The Morgan fingerprint density at radius 3 is 2.15 bits per heavy atom. The summed E-state index contributed by atoms with van der Waals surface area (Å²) in [5.74, 6) is 5.72. The molecule has 1 atom stereocenters. The second kappa shape index (κ2) is 11.7. The highest BCUT2D eigenvalue weighted by atomic mass is 16.5. The molecule has 2 aliphatic rings. The molecule has 0 amide bonds. The van der Waals surface area contributed by atoms with E-state index in [2.05, 4.69) is 44.1 Å². The summed E-state index contributed by atoms with van der Waals surface area (Å²) in [5, 5.41) is 7.15. The van der Waals surface area contributed by atoms with Crippen molar-refractivity contribution in [2.75, 3.05) is 13.7 Å². The van der Waals surface area contributed by atoms with Gasteiger partial charge in [0.05, 0.1) is 19.0 Å². The number of hydrogen-bond acceptors (Lipinski definition) is 3. The van der Waals surface area contributed by atoms with Crippen molar-refractivity contribution in [1.29, 1.82) is 0 Å². The monoisotopic (exact) mass is 376 g/mol. The van der Waals surface area contributed by atoms with Crippen LogP contribution in [0.3, 0.4) is 0 Å². The van der Waals surface area contributed by atoms with E-state index in [-0.39, 0.29) is 6.04 Å². The summed E-state index contributed by atoms with van der Waals surface area (Å²) in [6, 6.07) is 0.120. The zero-order chi connectivity index (χ0) is 19.6. The Morgan fingerprint density at radius 1 is 1.04 bits per heavy atom. The fraction of sp³-hybridized carbons (Fsp3) is 0.833. The standard InChI is InChI=1S/C24H44N2O/c1-6-7-24(26-19(3)20(4)27-5)25-17-23-14-12-22(13-15-23)16-21-10-8-18(2)9-11-21/h7,18-19,21-23,25-26H,4,6,8-17H2,1-3,5H3. The Labute approximate surface area is 168 Å². The highest BCUT2D eigenvalue weighted by Gasteiger charge is 2.26. The number of methoxy groups -OCH3 is 1. The van der Waals surface area contributed by atoms with Crippen LogP contribution in [-0.4, -0.2) is 19.7 Å². The van der Waals surface area contributed by atoms with Crippen LogP contribution < -0.4 is 10.6 Å². The Morgan fingerprint density at radius 2 is 1.59 bits per heavy atom. The van der Waals surface area contributed by atoms with E-state index in [0.29, 0.717) is 0 Å². The maximum Gasteiger partial charge on any atom is 0.110 e. The first kappa shape index (κ1) is 22.2. The van der Waals surface area contributed by atoms with Crippen LogP contribution in [0.4, 0.5) is 0 Å². The van der Waals surface area contributed by atoms with Gasteiger partial charge in [0.15, 0.2) is 0 Å².